The number of aromatic nitrogens is 1. The Bertz CT molecular complexity index is 588. The smallest absolute Gasteiger partial charge is 0.413 e. The zero-order chi connectivity index (χ0) is 12.5. The summed E-state index contributed by atoms with van der Waals surface area (Å²) < 4.78 is 6.10. The van der Waals surface area contributed by atoms with Crippen LogP contribution in [0.1, 0.15) is 30.2 Å². The monoisotopic (exact) mass is 282 g/mol. The number of hydrogen-bond donors (Lipinski definition) is 1. The van der Waals surface area contributed by atoms with Crippen LogP contribution in [0, 0.1) is 0 Å². The molecular formula is C12H14N2O2S2. The maximum atomic E-state index is 11.3. The molecule has 0 unspecified atom stereocenters. The molecule has 0 aromatic carbocycles. The molecule has 1 amide bonds. The van der Waals surface area contributed by atoms with Gasteiger partial charge in [-0.25, -0.2) is 9.78 Å². The number of nitrogens with zero attached hydrogens (tertiary/aromatic N) is 1. The number of ether oxygens (including phenoxy) is 1. The van der Waals surface area contributed by atoms with Gasteiger partial charge in [-0.3, -0.25) is 5.32 Å². The number of fused-ring (bicyclic) bond motifs is 3. The van der Waals surface area contributed by atoms with Gasteiger partial charge in [0.15, 0.2) is 5.13 Å². The summed E-state index contributed by atoms with van der Waals surface area (Å²) in [5.41, 5.74) is 1.45. The number of amides is 1. The van der Waals surface area contributed by atoms with E-state index >= 15 is 0 Å². The normalized spacial score (nSPS) is 14.5. The molecule has 6 heteroatoms. The molecule has 2 aromatic rings. The van der Waals surface area contributed by atoms with Crippen molar-refractivity contribution >= 4 is 43.4 Å². The van der Waals surface area contributed by atoms with E-state index in [1.807, 2.05) is 0 Å². The number of anilines is 1. The van der Waals surface area contributed by atoms with Gasteiger partial charge in [0.05, 0.1) is 11.3 Å². The summed E-state index contributed by atoms with van der Waals surface area (Å²) in [6.07, 6.45) is 4.46. The van der Waals surface area contributed by atoms with Crippen molar-refractivity contribution in [3.05, 3.63) is 10.4 Å². The fourth-order valence-electron chi connectivity index (χ4n) is 2.22. The van der Waals surface area contributed by atoms with Crippen LogP contribution in [-0.2, 0) is 17.6 Å². The van der Waals surface area contributed by atoms with Crippen molar-refractivity contribution in [2.75, 3.05) is 11.9 Å². The van der Waals surface area contributed by atoms with Crippen LogP contribution in [0.5, 0.6) is 0 Å². The number of aryl methyl sites for hydroxylation is 2. The molecule has 0 bridgehead atoms. The fourth-order valence-corrected chi connectivity index (χ4v) is 4.70. The van der Waals surface area contributed by atoms with E-state index in [0.717, 1.165) is 11.3 Å². The van der Waals surface area contributed by atoms with Crippen LogP contribution in [0.25, 0.3) is 9.53 Å². The topological polar surface area (TPSA) is 51.2 Å². The molecule has 0 radical (unpaired) electrons. The highest BCUT2D eigenvalue weighted by molar-refractivity contribution is 7.29. The summed E-state index contributed by atoms with van der Waals surface area (Å²) in [5.74, 6) is 0. The molecule has 3 rings (SSSR count). The zero-order valence-electron chi connectivity index (χ0n) is 10.1. The van der Waals surface area contributed by atoms with Crippen molar-refractivity contribution in [1.82, 2.24) is 4.98 Å². The molecule has 2 heterocycles. The molecule has 0 spiro atoms. The van der Waals surface area contributed by atoms with Crippen LogP contribution in [-0.4, -0.2) is 17.7 Å². The lowest BCUT2D eigenvalue weighted by molar-refractivity contribution is 0.168. The Balaban J connectivity index is 1.88. The number of thiophene rings is 1. The standard InChI is InChI=1S/C12H14N2O2S2/c1-2-16-12(15)14-11-13-10-9(18-11)7-5-3-4-6-8(7)17-10/h2-6H2,1H3,(H,13,14,15). The van der Waals surface area contributed by atoms with Crippen LogP contribution in [0.3, 0.4) is 0 Å². The molecule has 1 N–H and O–H groups in total. The van der Waals surface area contributed by atoms with Crippen LogP contribution in [0.4, 0.5) is 9.93 Å². The predicted octanol–water partition coefficient (Wildman–Crippen LogP) is 3.81. The summed E-state index contributed by atoms with van der Waals surface area (Å²) in [6.45, 7) is 2.16. The van der Waals surface area contributed by atoms with E-state index in [1.54, 1.807) is 29.6 Å². The van der Waals surface area contributed by atoms with Crippen molar-refractivity contribution in [2.24, 2.45) is 0 Å². The first-order valence-electron chi connectivity index (χ1n) is 6.12. The summed E-state index contributed by atoms with van der Waals surface area (Å²) >= 11 is 3.33. The lowest BCUT2D eigenvalue weighted by atomic mass is 10.00. The molecule has 0 saturated carbocycles. The van der Waals surface area contributed by atoms with Gasteiger partial charge in [-0.2, -0.15) is 0 Å². The van der Waals surface area contributed by atoms with Gasteiger partial charge in [0.2, 0.25) is 0 Å². The minimum atomic E-state index is -0.423. The van der Waals surface area contributed by atoms with Gasteiger partial charge in [-0.15, -0.1) is 11.3 Å². The average molecular weight is 282 g/mol. The summed E-state index contributed by atoms with van der Waals surface area (Å²) in [7, 11) is 0. The number of carbonyl (C=O) groups is 1. The van der Waals surface area contributed by atoms with Gasteiger partial charge in [0, 0.05) is 4.88 Å². The molecule has 0 fully saturated rings. The SMILES string of the molecule is CCOC(=O)Nc1nc2sc3c(c2s1)CCCC3. The van der Waals surface area contributed by atoms with Crippen LogP contribution in [0.2, 0.25) is 0 Å². The maximum Gasteiger partial charge on any atom is 0.413 e. The Morgan fingerprint density at radius 1 is 1.39 bits per heavy atom. The lowest BCUT2D eigenvalue weighted by Crippen LogP contribution is -2.12. The largest absolute Gasteiger partial charge is 0.450 e. The minimum absolute atomic E-state index is 0.376. The number of nitrogens with one attached hydrogen (secondary N) is 1. The number of carbonyl (C=O) groups excluding carboxylic acids is 1. The van der Waals surface area contributed by atoms with Crippen molar-refractivity contribution in [3.63, 3.8) is 0 Å². The second kappa shape index (κ2) is 4.85. The molecule has 2 aromatic heterocycles. The second-order valence-corrected chi connectivity index (χ2v) is 6.29. The Morgan fingerprint density at radius 3 is 3.06 bits per heavy atom. The second-order valence-electron chi connectivity index (χ2n) is 4.21. The van der Waals surface area contributed by atoms with E-state index in [-0.39, 0.29) is 0 Å². The highest BCUT2D eigenvalue weighted by Crippen LogP contribution is 2.40. The molecule has 1 aliphatic carbocycles. The van der Waals surface area contributed by atoms with Crippen LogP contribution in [0.15, 0.2) is 0 Å². The van der Waals surface area contributed by atoms with Gasteiger partial charge in [0.1, 0.15) is 4.83 Å². The van der Waals surface area contributed by atoms with Gasteiger partial charge in [-0.05, 0) is 38.2 Å². The van der Waals surface area contributed by atoms with Crippen molar-refractivity contribution in [3.8, 4) is 0 Å². The van der Waals surface area contributed by atoms with E-state index in [4.69, 9.17) is 4.74 Å². The van der Waals surface area contributed by atoms with E-state index in [1.165, 1.54) is 34.4 Å². The molecule has 1 aliphatic rings. The minimum Gasteiger partial charge on any atom is -0.450 e. The number of thiazole rings is 1. The van der Waals surface area contributed by atoms with E-state index < -0.39 is 6.09 Å². The van der Waals surface area contributed by atoms with Crippen LogP contribution < -0.4 is 5.32 Å². The molecule has 0 atom stereocenters. The molecule has 96 valence electrons. The van der Waals surface area contributed by atoms with Crippen LogP contribution >= 0.6 is 22.7 Å². The Kier molecular flexibility index (Phi) is 3.22. The van der Waals surface area contributed by atoms with Crippen molar-refractivity contribution < 1.29 is 9.53 Å². The summed E-state index contributed by atoms with van der Waals surface area (Å²) in [5, 5.41) is 3.32. The number of hydrogen-bond acceptors (Lipinski definition) is 5. The van der Waals surface area contributed by atoms with E-state index in [9.17, 15) is 4.79 Å². The Morgan fingerprint density at radius 2 is 2.22 bits per heavy atom. The highest BCUT2D eigenvalue weighted by atomic mass is 32.1. The highest BCUT2D eigenvalue weighted by Gasteiger charge is 2.19. The quantitative estimate of drug-likeness (QED) is 0.911. The Labute approximate surface area is 113 Å². The Hall–Kier alpha value is -1.14. The van der Waals surface area contributed by atoms with Gasteiger partial charge in [-0.1, -0.05) is 11.3 Å². The van der Waals surface area contributed by atoms with Gasteiger partial charge in [0.25, 0.3) is 0 Å². The summed E-state index contributed by atoms with van der Waals surface area (Å²) in [4.78, 5) is 18.3. The third-order valence-corrected chi connectivity index (χ3v) is 5.34. The predicted molar refractivity (Wildman–Crippen MR) is 74.8 cm³/mol. The molecule has 4 nitrogen and oxygen atoms in total. The molecule has 0 saturated heterocycles. The first kappa shape index (κ1) is 11.9. The molecule has 18 heavy (non-hydrogen) atoms. The first-order chi connectivity index (χ1) is 8.78. The molecular weight excluding hydrogens is 268 g/mol. The van der Waals surface area contributed by atoms with E-state index in [0.29, 0.717) is 11.7 Å². The van der Waals surface area contributed by atoms with Gasteiger partial charge >= 0.3 is 6.09 Å². The third kappa shape index (κ3) is 2.10. The van der Waals surface area contributed by atoms with E-state index in [2.05, 4.69) is 10.3 Å². The number of rotatable bonds is 2. The molecule has 0 aliphatic heterocycles. The van der Waals surface area contributed by atoms with Crippen molar-refractivity contribution in [2.45, 2.75) is 32.6 Å². The zero-order valence-corrected chi connectivity index (χ0v) is 11.7. The first-order valence-corrected chi connectivity index (χ1v) is 7.76. The fraction of sp³-hybridized carbons (Fsp3) is 0.500. The third-order valence-electron chi connectivity index (χ3n) is 2.99. The average Bonchev–Trinajstić information content (AvgIpc) is 2.86. The van der Waals surface area contributed by atoms with Gasteiger partial charge < -0.3 is 4.74 Å². The summed E-state index contributed by atoms with van der Waals surface area (Å²) in [6, 6.07) is 0. The maximum absolute atomic E-state index is 11.3. The lowest BCUT2D eigenvalue weighted by Gasteiger charge is -2.09. The van der Waals surface area contributed by atoms with Crippen molar-refractivity contribution in [1.29, 1.82) is 0 Å².